The van der Waals surface area contributed by atoms with Gasteiger partial charge in [-0.05, 0) is 61.4 Å². The van der Waals surface area contributed by atoms with E-state index in [9.17, 15) is 23.6 Å². The molecule has 1 aromatic heterocycles. The number of halogens is 1. The van der Waals surface area contributed by atoms with E-state index in [0.29, 0.717) is 44.3 Å². The molecule has 0 unspecified atom stereocenters. The highest BCUT2D eigenvalue weighted by molar-refractivity contribution is 6.00. The first-order valence-corrected chi connectivity index (χ1v) is 14.5. The van der Waals surface area contributed by atoms with Crippen molar-refractivity contribution < 1.29 is 23.6 Å². The lowest BCUT2D eigenvalue weighted by Crippen LogP contribution is -2.54. The molecule has 2 atom stereocenters. The van der Waals surface area contributed by atoms with Crippen LogP contribution >= 0.6 is 0 Å². The van der Waals surface area contributed by atoms with Gasteiger partial charge in [-0.3, -0.25) is 24.2 Å². The zero-order valence-electron chi connectivity index (χ0n) is 23.9. The lowest BCUT2D eigenvalue weighted by Gasteiger charge is -2.32. The number of benzene rings is 2. The molecule has 42 heavy (non-hydrogen) atoms. The Labute approximate surface area is 244 Å². The Hall–Kier alpha value is -4.34. The van der Waals surface area contributed by atoms with Crippen molar-refractivity contribution in [3.63, 3.8) is 0 Å². The number of hydrogen-bond donors (Lipinski definition) is 2. The van der Waals surface area contributed by atoms with Crippen LogP contribution in [-0.4, -0.2) is 76.7 Å². The third-order valence-corrected chi connectivity index (χ3v) is 8.05. The molecule has 0 spiro atoms. The number of aryl methyl sites for hydroxylation is 1. The van der Waals surface area contributed by atoms with Crippen molar-refractivity contribution in [2.45, 2.75) is 51.6 Å². The number of hydrogen-bond acceptors (Lipinski definition) is 5. The maximum Gasteiger partial charge on any atom is 0.257 e. The predicted octanol–water partition coefficient (Wildman–Crippen LogP) is 3.32. The molecule has 3 aromatic rings. The van der Waals surface area contributed by atoms with Crippen LogP contribution in [0.5, 0.6) is 0 Å². The van der Waals surface area contributed by atoms with Crippen molar-refractivity contribution in [3.8, 4) is 0 Å². The maximum atomic E-state index is 14.8. The van der Waals surface area contributed by atoms with Crippen LogP contribution in [-0.2, 0) is 16.0 Å². The van der Waals surface area contributed by atoms with Gasteiger partial charge in [0, 0.05) is 37.3 Å². The molecule has 2 aliphatic heterocycles. The molecule has 0 radical (unpaired) electrons. The van der Waals surface area contributed by atoms with E-state index in [4.69, 9.17) is 0 Å². The van der Waals surface area contributed by atoms with Crippen LogP contribution in [0.3, 0.4) is 0 Å². The first-order valence-electron chi connectivity index (χ1n) is 14.5. The fourth-order valence-electron chi connectivity index (χ4n) is 5.61. The van der Waals surface area contributed by atoms with Gasteiger partial charge in [0.2, 0.25) is 11.8 Å². The maximum absolute atomic E-state index is 14.8. The molecule has 2 N–H and O–H groups in total. The fraction of sp³-hybridized carbons (Fsp3) is 0.406. The number of carbonyl (C=O) groups excluding carboxylic acids is 4. The van der Waals surface area contributed by atoms with E-state index in [1.54, 1.807) is 18.2 Å². The van der Waals surface area contributed by atoms with Gasteiger partial charge in [0.1, 0.15) is 11.9 Å². The number of pyridine rings is 1. The van der Waals surface area contributed by atoms with E-state index in [1.807, 2.05) is 38.1 Å². The topological polar surface area (TPSA) is 112 Å². The Bertz CT molecular complexity index is 1510. The summed E-state index contributed by atoms with van der Waals surface area (Å²) < 4.78 is 14.8. The van der Waals surface area contributed by atoms with Crippen molar-refractivity contribution >= 4 is 34.5 Å². The highest BCUT2D eigenvalue weighted by Gasteiger charge is 2.37. The number of amides is 4. The second-order valence-corrected chi connectivity index (χ2v) is 11.4. The summed E-state index contributed by atoms with van der Waals surface area (Å²) in [4.78, 5) is 61.2. The normalized spacial score (nSPS) is 20.7. The monoisotopic (exact) mass is 573 g/mol. The predicted molar refractivity (Wildman–Crippen MR) is 156 cm³/mol. The SMILES string of the molecule is CC(C)[C@@H]1CN(C(=O)c2cnc3ccccc3c2)CC(=O)NCCCc2ccc(F)c(c2)C(=O)N2CCC[C@H]2C(=O)N1. The van der Waals surface area contributed by atoms with E-state index in [2.05, 4.69) is 15.6 Å². The highest BCUT2D eigenvalue weighted by Crippen LogP contribution is 2.24. The second kappa shape index (κ2) is 12.7. The number of nitrogens with zero attached hydrogens (tertiary/aromatic N) is 3. The molecule has 3 heterocycles. The van der Waals surface area contributed by atoms with Gasteiger partial charge in [0.25, 0.3) is 11.8 Å². The molecule has 2 aromatic carbocycles. The van der Waals surface area contributed by atoms with E-state index >= 15 is 0 Å². The summed E-state index contributed by atoms with van der Waals surface area (Å²) >= 11 is 0. The van der Waals surface area contributed by atoms with Crippen LogP contribution in [0.4, 0.5) is 4.39 Å². The van der Waals surface area contributed by atoms with Gasteiger partial charge in [-0.25, -0.2) is 4.39 Å². The van der Waals surface area contributed by atoms with E-state index in [-0.39, 0.29) is 42.3 Å². The molecule has 9 nitrogen and oxygen atoms in total. The van der Waals surface area contributed by atoms with Crippen molar-refractivity contribution in [3.05, 3.63) is 77.2 Å². The van der Waals surface area contributed by atoms with Gasteiger partial charge < -0.3 is 20.4 Å². The number of aromatic nitrogens is 1. The number of fused-ring (bicyclic) bond motifs is 4. The Morgan fingerprint density at radius 3 is 2.69 bits per heavy atom. The van der Waals surface area contributed by atoms with Crippen molar-refractivity contribution in [1.82, 2.24) is 25.4 Å². The number of para-hydroxylation sites is 1. The summed E-state index contributed by atoms with van der Waals surface area (Å²) in [5.74, 6) is -2.28. The molecule has 2 bridgehead atoms. The summed E-state index contributed by atoms with van der Waals surface area (Å²) in [5, 5.41) is 6.71. The van der Waals surface area contributed by atoms with Crippen molar-refractivity contribution in [1.29, 1.82) is 0 Å². The highest BCUT2D eigenvalue weighted by atomic mass is 19.1. The van der Waals surface area contributed by atoms with Crippen LogP contribution in [0.15, 0.2) is 54.7 Å². The molecule has 1 saturated heterocycles. The number of carbonyl (C=O) groups is 4. The summed E-state index contributed by atoms with van der Waals surface area (Å²) in [5.41, 5.74) is 1.81. The summed E-state index contributed by atoms with van der Waals surface area (Å²) in [6.07, 6.45) is 3.66. The Kier molecular flexibility index (Phi) is 8.80. The summed E-state index contributed by atoms with van der Waals surface area (Å²) in [7, 11) is 0. The Morgan fingerprint density at radius 1 is 1.07 bits per heavy atom. The van der Waals surface area contributed by atoms with Gasteiger partial charge in [0.15, 0.2) is 0 Å². The molecule has 220 valence electrons. The average Bonchev–Trinajstić information content (AvgIpc) is 3.48. The van der Waals surface area contributed by atoms with Gasteiger partial charge in [-0.15, -0.1) is 0 Å². The van der Waals surface area contributed by atoms with Crippen LogP contribution in [0.2, 0.25) is 0 Å². The van der Waals surface area contributed by atoms with Gasteiger partial charge >= 0.3 is 0 Å². The molecule has 0 saturated carbocycles. The first kappa shape index (κ1) is 29.2. The number of rotatable bonds is 2. The van der Waals surface area contributed by atoms with Gasteiger partial charge in [-0.1, -0.05) is 38.1 Å². The van der Waals surface area contributed by atoms with Crippen LogP contribution in [0, 0.1) is 11.7 Å². The van der Waals surface area contributed by atoms with Crippen LogP contribution in [0.25, 0.3) is 10.9 Å². The number of nitrogens with one attached hydrogen (secondary N) is 2. The van der Waals surface area contributed by atoms with Gasteiger partial charge in [0.05, 0.1) is 23.2 Å². The minimum Gasteiger partial charge on any atom is -0.355 e. The average molecular weight is 574 g/mol. The molecule has 5 rings (SSSR count). The second-order valence-electron chi connectivity index (χ2n) is 11.4. The zero-order valence-corrected chi connectivity index (χ0v) is 23.9. The zero-order chi connectivity index (χ0) is 29.8. The molecule has 1 fully saturated rings. The summed E-state index contributed by atoms with van der Waals surface area (Å²) in [6, 6.07) is 12.4. The van der Waals surface area contributed by atoms with E-state index in [0.717, 1.165) is 16.5 Å². The third kappa shape index (κ3) is 6.42. The van der Waals surface area contributed by atoms with Gasteiger partial charge in [-0.2, -0.15) is 0 Å². The lowest BCUT2D eigenvalue weighted by molar-refractivity contribution is -0.126. The first-order chi connectivity index (χ1) is 20.2. The Morgan fingerprint density at radius 2 is 1.88 bits per heavy atom. The summed E-state index contributed by atoms with van der Waals surface area (Å²) in [6.45, 7) is 4.43. The van der Waals surface area contributed by atoms with Crippen molar-refractivity contribution in [2.24, 2.45) is 5.92 Å². The third-order valence-electron chi connectivity index (χ3n) is 8.05. The quantitative estimate of drug-likeness (QED) is 0.489. The van der Waals surface area contributed by atoms with Crippen LogP contribution < -0.4 is 10.6 Å². The van der Waals surface area contributed by atoms with Crippen molar-refractivity contribution in [2.75, 3.05) is 26.2 Å². The smallest absolute Gasteiger partial charge is 0.257 e. The molecule has 2 aliphatic rings. The molecular weight excluding hydrogens is 537 g/mol. The minimum absolute atomic E-state index is 0.0540. The standard InChI is InChI=1S/C32H36FN5O4/c1-20(2)27-18-37(31(41)23-16-22-8-3-4-9-26(22)35-17-23)19-29(39)34-13-5-7-21-11-12-25(33)24(15-21)32(42)38-14-6-10-28(38)30(40)36-27/h3-4,8-9,11-12,15-17,20,27-28H,5-7,10,13-14,18-19H2,1-2H3,(H,34,39)(H,36,40)/t27-,28-/m0/s1. The lowest BCUT2D eigenvalue weighted by atomic mass is 10.0. The Balaban J connectivity index is 1.45. The fourth-order valence-corrected chi connectivity index (χ4v) is 5.61. The van der Waals surface area contributed by atoms with E-state index < -0.39 is 23.8 Å². The van der Waals surface area contributed by atoms with Crippen LogP contribution in [0.1, 0.15) is 59.4 Å². The molecule has 4 amide bonds. The molecule has 0 aliphatic carbocycles. The molecular formula is C32H36FN5O4. The minimum atomic E-state index is -0.755. The molecule has 10 heteroatoms. The van der Waals surface area contributed by atoms with E-state index in [1.165, 1.54) is 22.1 Å². The largest absolute Gasteiger partial charge is 0.355 e.